The van der Waals surface area contributed by atoms with Gasteiger partial charge in [-0.1, -0.05) is 29.8 Å². The van der Waals surface area contributed by atoms with Crippen LogP contribution in [0.25, 0.3) is 0 Å². The molecule has 1 saturated heterocycles. The monoisotopic (exact) mass is 467 g/mol. The van der Waals surface area contributed by atoms with E-state index < -0.39 is 17.8 Å². The average Bonchev–Trinajstić information content (AvgIpc) is 3.12. The molecule has 2 bridgehead atoms. The molecule has 0 aliphatic carbocycles. The normalized spacial score (nSPS) is 18.5. The van der Waals surface area contributed by atoms with Gasteiger partial charge < -0.3 is 15.5 Å². The molecule has 2 aliphatic heterocycles. The van der Waals surface area contributed by atoms with Gasteiger partial charge in [0.25, 0.3) is 11.5 Å². The minimum atomic E-state index is -0.733. The van der Waals surface area contributed by atoms with Crippen molar-refractivity contribution in [3.8, 4) is 0 Å². The number of carbonyl (C=O) groups excluding carboxylic acids is 2. The first-order valence-corrected chi connectivity index (χ1v) is 10.8. The number of fused-ring (bicyclic) bond motifs is 4. The second-order valence-corrected chi connectivity index (χ2v) is 8.47. The maximum absolute atomic E-state index is 14.8. The summed E-state index contributed by atoms with van der Waals surface area (Å²) in [5, 5.41) is 11.8. The van der Waals surface area contributed by atoms with Crippen molar-refractivity contribution in [2.75, 3.05) is 10.6 Å². The number of H-pyrrole nitrogens is 1. The zero-order chi connectivity index (χ0) is 23.1. The van der Waals surface area contributed by atoms with Gasteiger partial charge in [0.1, 0.15) is 5.82 Å². The Hall–Kier alpha value is -3.72. The Morgan fingerprint density at radius 3 is 2.67 bits per heavy atom. The molecule has 2 atom stereocenters. The summed E-state index contributed by atoms with van der Waals surface area (Å²) in [6.07, 6.45) is 1.98. The SMILES string of the molecule is O=C(Nc1cc(F)c(NC(=O)N2[C@H]3CC[C@@H]2c2n[nH]c(=O)cc2C3)cc1Cl)c1ccccc1. The fourth-order valence-electron chi connectivity index (χ4n) is 4.52. The van der Waals surface area contributed by atoms with E-state index in [4.69, 9.17) is 11.6 Å². The quantitative estimate of drug-likeness (QED) is 0.538. The summed E-state index contributed by atoms with van der Waals surface area (Å²) in [5.41, 5.74) is 1.63. The number of urea groups is 1. The van der Waals surface area contributed by atoms with Gasteiger partial charge in [0.15, 0.2) is 0 Å². The number of aromatic amines is 1. The Kier molecular flexibility index (Phi) is 5.33. The molecule has 0 saturated carbocycles. The van der Waals surface area contributed by atoms with E-state index in [0.717, 1.165) is 18.1 Å². The predicted molar refractivity (Wildman–Crippen MR) is 121 cm³/mol. The number of halogens is 2. The molecule has 1 fully saturated rings. The number of anilines is 2. The molecule has 2 aromatic carbocycles. The molecular weight excluding hydrogens is 449 g/mol. The molecule has 0 spiro atoms. The molecular formula is C23H19ClFN5O3. The highest BCUT2D eigenvalue weighted by Crippen LogP contribution is 2.42. The molecule has 0 unspecified atom stereocenters. The molecule has 3 amide bonds. The number of nitrogens with zero attached hydrogens (tertiary/aromatic N) is 2. The Bertz CT molecular complexity index is 1310. The highest BCUT2D eigenvalue weighted by atomic mass is 35.5. The number of hydrogen-bond donors (Lipinski definition) is 3. The van der Waals surface area contributed by atoms with Crippen molar-refractivity contribution >= 4 is 34.9 Å². The largest absolute Gasteiger partial charge is 0.322 e. The third-order valence-corrected chi connectivity index (χ3v) is 6.32. The van der Waals surface area contributed by atoms with E-state index in [0.29, 0.717) is 24.1 Å². The van der Waals surface area contributed by atoms with Crippen molar-refractivity contribution in [3.63, 3.8) is 0 Å². The molecule has 10 heteroatoms. The van der Waals surface area contributed by atoms with E-state index in [1.54, 1.807) is 35.2 Å². The molecule has 1 aromatic heterocycles. The van der Waals surface area contributed by atoms with Crippen LogP contribution in [0.1, 0.15) is 40.5 Å². The summed E-state index contributed by atoms with van der Waals surface area (Å²) in [5.74, 6) is -1.16. The van der Waals surface area contributed by atoms with Gasteiger partial charge in [-0.3, -0.25) is 9.59 Å². The molecule has 5 rings (SSSR count). The van der Waals surface area contributed by atoms with Crippen molar-refractivity contribution in [2.24, 2.45) is 0 Å². The van der Waals surface area contributed by atoms with Gasteiger partial charge in [-0.05, 0) is 43.0 Å². The van der Waals surface area contributed by atoms with Crippen LogP contribution in [0.5, 0.6) is 0 Å². The zero-order valence-electron chi connectivity index (χ0n) is 17.3. The minimum absolute atomic E-state index is 0.0854. The van der Waals surface area contributed by atoms with E-state index in [-0.39, 0.29) is 34.0 Å². The summed E-state index contributed by atoms with van der Waals surface area (Å²) in [6, 6.07) is 11.5. The van der Waals surface area contributed by atoms with Gasteiger partial charge in [-0.15, -0.1) is 0 Å². The number of aromatic nitrogens is 2. The first kappa shape index (κ1) is 21.1. The molecule has 3 N–H and O–H groups in total. The molecule has 33 heavy (non-hydrogen) atoms. The summed E-state index contributed by atoms with van der Waals surface area (Å²) in [6.45, 7) is 0. The molecule has 3 heterocycles. The smallest absolute Gasteiger partial charge is 0.321 e. The maximum atomic E-state index is 14.8. The highest BCUT2D eigenvalue weighted by molar-refractivity contribution is 6.34. The molecule has 0 radical (unpaired) electrons. The minimum Gasteiger partial charge on any atom is -0.321 e. The number of amides is 3. The lowest BCUT2D eigenvalue weighted by molar-refractivity contribution is 0.102. The molecule has 2 aliphatic rings. The lowest BCUT2D eigenvalue weighted by atomic mass is 9.99. The number of carbonyl (C=O) groups is 2. The summed E-state index contributed by atoms with van der Waals surface area (Å²) < 4.78 is 14.8. The number of benzene rings is 2. The van der Waals surface area contributed by atoms with E-state index in [2.05, 4.69) is 20.8 Å². The van der Waals surface area contributed by atoms with E-state index in [9.17, 15) is 18.8 Å². The third-order valence-electron chi connectivity index (χ3n) is 6.01. The zero-order valence-corrected chi connectivity index (χ0v) is 18.0. The highest BCUT2D eigenvalue weighted by Gasteiger charge is 2.44. The van der Waals surface area contributed by atoms with Crippen LogP contribution in [0.4, 0.5) is 20.6 Å². The van der Waals surface area contributed by atoms with Crippen LogP contribution >= 0.6 is 11.6 Å². The molecule has 168 valence electrons. The summed E-state index contributed by atoms with van der Waals surface area (Å²) >= 11 is 6.26. The van der Waals surface area contributed by atoms with Crippen molar-refractivity contribution in [3.05, 3.63) is 86.5 Å². The molecule has 3 aromatic rings. The number of rotatable bonds is 3. The first-order valence-electron chi connectivity index (χ1n) is 10.4. The van der Waals surface area contributed by atoms with Gasteiger partial charge in [0.2, 0.25) is 0 Å². The van der Waals surface area contributed by atoms with Gasteiger partial charge in [0, 0.05) is 23.7 Å². The predicted octanol–water partition coefficient (Wildman–Crippen LogP) is 4.11. The second-order valence-electron chi connectivity index (χ2n) is 8.06. The van der Waals surface area contributed by atoms with E-state index in [1.165, 1.54) is 12.1 Å². The van der Waals surface area contributed by atoms with E-state index in [1.807, 2.05) is 0 Å². The topological polar surface area (TPSA) is 107 Å². The second kappa shape index (κ2) is 8.32. The van der Waals surface area contributed by atoms with Crippen LogP contribution < -0.4 is 16.2 Å². The van der Waals surface area contributed by atoms with Crippen LogP contribution in [-0.4, -0.2) is 33.1 Å². The third kappa shape index (κ3) is 3.95. The number of nitrogens with one attached hydrogen (secondary N) is 3. The van der Waals surface area contributed by atoms with Crippen molar-refractivity contribution < 1.29 is 14.0 Å². The summed E-state index contributed by atoms with van der Waals surface area (Å²) in [7, 11) is 0. The number of hydrogen-bond acceptors (Lipinski definition) is 4. The Labute approximate surface area is 192 Å². The van der Waals surface area contributed by atoms with Crippen LogP contribution in [0.2, 0.25) is 5.02 Å². The standard InChI is InChI=1S/C23H19ClFN5O3/c24-15-10-18(16(25)11-17(15)26-22(32)12-4-2-1-3-5-12)27-23(33)30-14-6-7-19(30)21-13(8-14)9-20(31)28-29-21/h1-5,9-11,14,19H,6-8H2,(H,26,32)(H,27,33)(H,28,31)/t14-,19+/m0/s1. The van der Waals surface area contributed by atoms with Gasteiger partial charge in [-0.2, -0.15) is 5.10 Å². The van der Waals surface area contributed by atoms with Crippen molar-refractivity contribution in [1.29, 1.82) is 0 Å². The van der Waals surface area contributed by atoms with Crippen LogP contribution in [0, 0.1) is 5.82 Å². The maximum Gasteiger partial charge on any atom is 0.322 e. The molecule has 8 nitrogen and oxygen atoms in total. The van der Waals surface area contributed by atoms with Crippen LogP contribution in [0.3, 0.4) is 0 Å². The first-order chi connectivity index (χ1) is 15.9. The Morgan fingerprint density at radius 1 is 1.09 bits per heavy atom. The lowest BCUT2D eigenvalue weighted by Crippen LogP contribution is -2.45. The van der Waals surface area contributed by atoms with Gasteiger partial charge >= 0.3 is 6.03 Å². The van der Waals surface area contributed by atoms with E-state index >= 15 is 0 Å². The van der Waals surface area contributed by atoms with Crippen LogP contribution in [-0.2, 0) is 6.42 Å². The van der Waals surface area contributed by atoms with Crippen LogP contribution in [0.15, 0.2) is 53.3 Å². The Morgan fingerprint density at radius 2 is 1.88 bits per heavy atom. The van der Waals surface area contributed by atoms with Gasteiger partial charge in [-0.25, -0.2) is 14.3 Å². The Balaban J connectivity index is 1.34. The average molecular weight is 468 g/mol. The fourth-order valence-corrected chi connectivity index (χ4v) is 4.73. The fraction of sp³-hybridized carbons (Fsp3) is 0.217. The van der Waals surface area contributed by atoms with Gasteiger partial charge in [0.05, 0.1) is 28.1 Å². The van der Waals surface area contributed by atoms with Crippen molar-refractivity contribution in [2.45, 2.75) is 31.3 Å². The summed E-state index contributed by atoms with van der Waals surface area (Å²) in [4.78, 5) is 38.6. The van der Waals surface area contributed by atoms with Crippen molar-refractivity contribution in [1.82, 2.24) is 15.1 Å². The lowest BCUT2D eigenvalue weighted by Gasteiger charge is -2.35.